The molecular weight excluding hydrogens is 170 g/mol. The van der Waals surface area contributed by atoms with Gasteiger partial charge in [-0.05, 0) is 24.8 Å². The zero-order chi connectivity index (χ0) is 10.1. The Bertz CT molecular complexity index is 218. The Labute approximate surface area is 87.5 Å². The predicted octanol–water partition coefficient (Wildman–Crippen LogP) is 3.02. The molecule has 1 nitrogen and oxygen atoms in total. The zero-order valence-corrected chi connectivity index (χ0v) is 9.08. The standard InChI is InChI=1S/C13H20N/c1-2-3-11-14-12-7-10-13-8-5-4-6-9-13/h4-6,8-9H,2-3,7,10-12H2,1H3. The van der Waals surface area contributed by atoms with Crippen LogP contribution in [0, 0.1) is 0 Å². The average Bonchev–Trinajstić information content (AvgIpc) is 2.25. The topological polar surface area (TPSA) is 14.1 Å². The molecule has 0 aromatic heterocycles. The summed E-state index contributed by atoms with van der Waals surface area (Å²) in [5, 5.41) is 4.48. The molecule has 14 heavy (non-hydrogen) atoms. The van der Waals surface area contributed by atoms with Crippen molar-refractivity contribution in [1.29, 1.82) is 0 Å². The molecule has 0 saturated carbocycles. The van der Waals surface area contributed by atoms with Gasteiger partial charge >= 0.3 is 0 Å². The predicted molar refractivity (Wildman–Crippen MR) is 61.5 cm³/mol. The maximum atomic E-state index is 4.48. The van der Waals surface area contributed by atoms with Crippen molar-refractivity contribution in [3.63, 3.8) is 0 Å². The van der Waals surface area contributed by atoms with Gasteiger partial charge in [0.1, 0.15) is 0 Å². The van der Waals surface area contributed by atoms with Gasteiger partial charge in [-0.3, -0.25) is 0 Å². The van der Waals surface area contributed by atoms with Crippen LogP contribution in [0.5, 0.6) is 0 Å². The van der Waals surface area contributed by atoms with Crippen LogP contribution in [-0.2, 0) is 6.42 Å². The largest absolute Gasteiger partial charge is 0.242 e. The molecule has 1 heteroatoms. The fourth-order valence-electron chi connectivity index (χ4n) is 1.42. The SMILES string of the molecule is CCCC[N]CCCc1ccccc1. The summed E-state index contributed by atoms with van der Waals surface area (Å²) < 4.78 is 0. The van der Waals surface area contributed by atoms with Crippen molar-refractivity contribution in [2.24, 2.45) is 0 Å². The molecule has 0 N–H and O–H groups in total. The summed E-state index contributed by atoms with van der Waals surface area (Å²) in [6, 6.07) is 10.6. The minimum absolute atomic E-state index is 1.02. The van der Waals surface area contributed by atoms with Crippen molar-refractivity contribution < 1.29 is 0 Å². The number of benzene rings is 1. The summed E-state index contributed by atoms with van der Waals surface area (Å²) in [6.07, 6.45) is 4.84. The van der Waals surface area contributed by atoms with Crippen molar-refractivity contribution in [1.82, 2.24) is 5.32 Å². The first-order chi connectivity index (χ1) is 6.93. The minimum atomic E-state index is 1.02. The monoisotopic (exact) mass is 190 g/mol. The number of aryl methyl sites for hydroxylation is 1. The van der Waals surface area contributed by atoms with Crippen LogP contribution >= 0.6 is 0 Å². The number of unbranched alkanes of at least 4 members (excludes halogenated alkanes) is 1. The van der Waals surface area contributed by atoms with E-state index in [4.69, 9.17) is 0 Å². The maximum absolute atomic E-state index is 4.48. The van der Waals surface area contributed by atoms with Crippen LogP contribution in [0.4, 0.5) is 0 Å². The Morgan fingerprint density at radius 2 is 1.71 bits per heavy atom. The van der Waals surface area contributed by atoms with Gasteiger partial charge in [0.05, 0.1) is 0 Å². The molecular formula is C13H20N. The number of rotatable bonds is 7. The Kier molecular flexibility index (Phi) is 6.09. The zero-order valence-electron chi connectivity index (χ0n) is 9.08. The molecule has 0 aliphatic rings. The van der Waals surface area contributed by atoms with E-state index in [1.165, 1.54) is 24.8 Å². The second-order valence-corrected chi connectivity index (χ2v) is 3.61. The first-order valence-corrected chi connectivity index (χ1v) is 5.60. The molecule has 1 aromatic rings. The third-order valence-corrected chi connectivity index (χ3v) is 2.29. The van der Waals surface area contributed by atoms with Crippen molar-refractivity contribution in [3.05, 3.63) is 35.9 Å². The Morgan fingerprint density at radius 3 is 2.43 bits per heavy atom. The first-order valence-electron chi connectivity index (χ1n) is 5.60. The van der Waals surface area contributed by atoms with Crippen LogP contribution in [0.1, 0.15) is 31.7 Å². The lowest BCUT2D eigenvalue weighted by molar-refractivity contribution is 0.606. The van der Waals surface area contributed by atoms with Crippen LogP contribution in [-0.4, -0.2) is 13.1 Å². The van der Waals surface area contributed by atoms with E-state index in [1.807, 2.05) is 0 Å². The van der Waals surface area contributed by atoms with Gasteiger partial charge in [-0.1, -0.05) is 43.7 Å². The molecule has 0 spiro atoms. The quantitative estimate of drug-likeness (QED) is 0.587. The molecule has 0 aliphatic carbocycles. The van der Waals surface area contributed by atoms with Gasteiger partial charge in [-0.2, -0.15) is 0 Å². The first kappa shape index (κ1) is 11.3. The van der Waals surface area contributed by atoms with Crippen molar-refractivity contribution in [2.45, 2.75) is 32.6 Å². The Balaban J connectivity index is 1.99. The van der Waals surface area contributed by atoms with E-state index in [9.17, 15) is 0 Å². The molecule has 0 fully saturated rings. The molecule has 1 rings (SSSR count). The molecule has 0 bridgehead atoms. The van der Waals surface area contributed by atoms with E-state index < -0.39 is 0 Å². The van der Waals surface area contributed by atoms with Crippen LogP contribution in [0.15, 0.2) is 30.3 Å². The van der Waals surface area contributed by atoms with Crippen molar-refractivity contribution in [3.8, 4) is 0 Å². The van der Waals surface area contributed by atoms with E-state index in [1.54, 1.807) is 0 Å². The normalized spacial score (nSPS) is 10.4. The van der Waals surface area contributed by atoms with Gasteiger partial charge in [-0.25, -0.2) is 5.32 Å². The number of hydrogen-bond acceptors (Lipinski definition) is 0. The van der Waals surface area contributed by atoms with Crippen LogP contribution in [0.25, 0.3) is 0 Å². The van der Waals surface area contributed by atoms with Crippen LogP contribution < -0.4 is 5.32 Å². The van der Waals surface area contributed by atoms with E-state index in [0.717, 1.165) is 19.5 Å². The van der Waals surface area contributed by atoms with Gasteiger partial charge in [0.25, 0.3) is 0 Å². The highest BCUT2D eigenvalue weighted by molar-refractivity contribution is 5.14. The second kappa shape index (κ2) is 7.57. The van der Waals surface area contributed by atoms with E-state index >= 15 is 0 Å². The van der Waals surface area contributed by atoms with Gasteiger partial charge in [-0.15, -0.1) is 0 Å². The van der Waals surface area contributed by atoms with Crippen molar-refractivity contribution in [2.75, 3.05) is 13.1 Å². The van der Waals surface area contributed by atoms with Gasteiger partial charge in [0.15, 0.2) is 0 Å². The summed E-state index contributed by atoms with van der Waals surface area (Å²) in [5.74, 6) is 0. The summed E-state index contributed by atoms with van der Waals surface area (Å²) in [5.41, 5.74) is 1.43. The molecule has 0 amide bonds. The second-order valence-electron chi connectivity index (χ2n) is 3.61. The lowest BCUT2D eigenvalue weighted by atomic mass is 10.1. The highest BCUT2D eigenvalue weighted by Crippen LogP contribution is 2.01. The summed E-state index contributed by atoms with van der Waals surface area (Å²) in [6.45, 7) is 4.28. The molecule has 0 aliphatic heterocycles. The third-order valence-electron chi connectivity index (χ3n) is 2.29. The van der Waals surface area contributed by atoms with E-state index in [2.05, 4.69) is 42.6 Å². The molecule has 0 saturated heterocycles. The smallest absolute Gasteiger partial charge is 0.0136 e. The lowest BCUT2D eigenvalue weighted by Crippen LogP contribution is -2.08. The fraction of sp³-hybridized carbons (Fsp3) is 0.538. The Hall–Kier alpha value is -0.820. The summed E-state index contributed by atoms with van der Waals surface area (Å²) in [4.78, 5) is 0. The molecule has 1 radical (unpaired) electrons. The summed E-state index contributed by atoms with van der Waals surface area (Å²) in [7, 11) is 0. The van der Waals surface area contributed by atoms with Crippen LogP contribution in [0.2, 0.25) is 0 Å². The molecule has 77 valence electrons. The van der Waals surface area contributed by atoms with Crippen molar-refractivity contribution >= 4 is 0 Å². The average molecular weight is 190 g/mol. The number of hydrogen-bond donors (Lipinski definition) is 0. The molecule has 0 atom stereocenters. The van der Waals surface area contributed by atoms with Gasteiger partial charge in [0, 0.05) is 13.1 Å². The van der Waals surface area contributed by atoms with E-state index in [0.29, 0.717) is 0 Å². The van der Waals surface area contributed by atoms with Crippen LogP contribution in [0.3, 0.4) is 0 Å². The summed E-state index contributed by atoms with van der Waals surface area (Å²) >= 11 is 0. The molecule has 1 aromatic carbocycles. The molecule has 0 unspecified atom stereocenters. The lowest BCUT2D eigenvalue weighted by Gasteiger charge is -2.01. The van der Waals surface area contributed by atoms with E-state index in [-0.39, 0.29) is 0 Å². The Morgan fingerprint density at radius 1 is 1.00 bits per heavy atom. The maximum Gasteiger partial charge on any atom is 0.0136 e. The molecule has 0 heterocycles. The minimum Gasteiger partial charge on any atom is -0.242 e. The third kappa shape index (κ3) is 5.03. The number of nitrogens with zero attached hydrogens (tertiary/aromatic N) is 1. The highest BCUT2D eigenvalue weighted by Gasteiger charge is 1.92. The van der Waals surface area contributed by atoms with Gasteiger partial charge < -0.3 is 0 Å². The highest BCUT2D eigenvalue weighted by atomic mass is 14.8. The van der Waals surface area contributed by atoms with Gasteiger partial charge in [0.2, 0.25) is 0 Å². The fourth-order valence-corrected chi connectivity index (χ4v) is 1.42.